The van der Waals surface area contributed by atoms with Gasteiger partial charge in [0.25, 0.3) is 0 Å². The number of halogens is 2. The van der Waals surface area contributed by atoms with E-state index in [1.807, 2.05) is 73.3 Å². The molecule has 2 aromatic carbocycles. The highest BCUT2D eigenvalue weighted by molar-refractivity contribution is 8.76. The molecule has 12 heteroatoms. The monoisotopic (exact) mass is 782 g/mol. The molecule has 0 atom stereocenters. The predicted octanol–water partition coefficient (Wildman–Crippen LogP) is 0.502. The highest BCUT2D eigenvalue weighted by atomic mass is 35.5. The first-order valence-electron chi connectivity index (χ1n) is 16.9. The lowest BCUT2D eigenvalue weighted by molar-refractivity contribution is -0.697. The topological polar surface area (TPSA) is 84.4 Å². The van der Waals surface area contributed by atoms with Crippen molar-refractivity contribution in [1.29, 1.82) is 0 Å². The van der Waals surface area contributed by atoms with Gasteiger partial charge in [0.15, 0.2) is 24.8 Å². The lowest BCUT2D eigenvalue weighted by atomic mass is 10.1. The molecule has 0 saturated carbocycles. The third-order valence-electron chi connectivity index (χ3n) is 7.74. The Labute approximate surface area is 328 Å². The molecule has 0 unspecified atom stereocenters. The van der Waals surface area contributed by atoms with Crippen LogP contribution in [0.2, 0.25) is 0 Å². The van der Waals surface area contributed by atoms with E-state index < -0.39 is 0 Å². The van der Waals surface area contributed by atoms with Crippen molar-refractivity contribution in [3.8, 4) is 11.5 Å². The van der Waals surface area contributed by atoms with Crippen LogP contribution in [-0.4, -0.2) is 50.6 Å². The number of amides is 2. The normalized spacial score (nSPS) is 10.7. The largest absolute Gasteiger partial charge is 1.00 e. The Balaban J connectivity index is 0.00000468. The van der Waals surface area contributed by atoms with Gasteiger partial charge in [-0.25, -0.2) is 9.13 Å². The van der Waals surface area contributed by atoms with E-state index in [-0.39, 0.29) is 36.6 Å². The van der Waals surface area contributed by atoms with Crippen molar-refractivity contribution in [2.24, 2.45) is 0 Å². The second-order valence-corrected chi connectivity index (χ2v) is 14.2. The van der Waals surface area contributed by atoms with Crippen LogP contribution in [0.3, 0.4) is 0 Å². The molecular weight excluding hydrogens is 736 g/mol. The summed E-state index contributed by atoms with van der Waals surface area (Å²) >= 11 is 0. The summed E-state index contributed by atoms with van der Waals surface area (Å²) < 4.78 is 14.6. The van der Waals surface area contributed by atoms with Crippen molar-refractivity contribution in [3.63, 3.8) is 0 Å². The molecule has 0 aliphatic carbocycles. The molecule has 0 spiro atoms. The van der Waals surface area contributed by atoms with Crippen molar-refractivity contribution < 1.29 is 53.0 Å². The first-order chi connectivity index (χ1) is 24.5. The Bertz CT molecular complexity index is 1530. The molecule has 8 nitrogen and oxygen atoms in total. The second kappa shape index (κ2) is 25.9. The molecule has 2 aromatic heterocycles. The van der Waals surface area contributed by atoms with Crippen molar-refractivity contribution in [2.75, 3.05) is 38.8 Å². The van der Waals surface area contributed by atoms with Gasteiger partial charge in [-0.2, -0.15) is 0 Å². The van der Waals surface area contributed by atoms with Crippen LogP contribution in [0.25, 0.3) is 24.3 Å². The summed E-state index contributed by atoms with van der Waals surface area (Å²) in [4.78, 5) is 24.5. The molecule has 0 aliphatic rings. The molecule has 4 aromatic rings. The Hall–Kier alpha value is -3.96. The molecule has 2 heterocycles. The molecule has 2 N–H and O–H groups in total. The zero-order valence-corrected chi connectivity index (χ0v) is 32.9. The number of hydrogen-bond acceptors (Lipinski definition) is 6. The minimum atomic E-state index is 0. The summed E-state index contributed by atoms with van der Waals surface area (Å²) in [5, 5.41) is 6.01. The number of carbonyl (C=O) groups excluding carboxylic acids is 2. The third kappa shape index (κ3) is 17.5. The zero-order valence-electron chi connectivity index (χ0n) is 29.7. The van der Waals surface area contributed by atoms with Gasteiger partial charge in [0.1, 0.15) is 24.6 Å². The van der Waals surface area contributed by atoms with Crippen LogP contribution in [0.4, 0.5) is 0 Å². The van der Waals surface area contributed by atoms with Crippen LogP contribution in [0, 0.1) is 0 Å². The van der Waals surface area contributed by atoms with E-state index in [1.54, 1.807) is 35.8 Å². The van der Waals surface area contributed by atoms with E-state index >= 15 is 0 Å². The van der Waals surface area contributed by atoms with E-state index in [4.69, 9.17) is 9.47 Å². The van der Waals surface area contributed by atoms with Gasteiger partial charge in [-0.05, 0) is 46.5 Å². The van der Waals surface area contributed by atoms with Gasteiger partial charge in [0.05, 0.1) is 14.2 Å². The van der Waals surface area contributed by atoms with Crippen molar-refractivity contribution in [1.82, 2.24) is 10.6 Å². The number of ether oxygens (including phenoxy) is 2. The van der Waals surface area contributed by atoms with Crippen LogP contribution in [-0.2, 0) is 22.7 Å². The highest BCUT2D eigenvalue weighted by Crippen LogP contribution is 2.19. The Morgan fingerprint density at radius 1 is 0.558 bits per heavy atom. The van der Waals surface area contributed by atoms with E-state index in [1.165, 1.54) is 0 Å². The number of pyridine rings is 2. The van der Waals surface area contributed by atoms with Crippen molar-refractivity contribution in [3.05, 3.63) is 120 Å². The average Bonchev–Trinajstić information content (AvgIpc) is 3.15. The van der Waals surface area contributed by atoms with Gasteiger partial charge in [-0.3, -0.25) is 9.59 Å². The summed E-state index contributed by atoms with van der Waals surface area (Å²) in [6.07, 6.45) is 19.1. The molecule has 4 rings (SSSR count). The van der Waals surface area contributed by atoms with Crippen LogP contribution in [0.15, 0.2) is 97.6 Å². The molecule has 52 heavy (non-hydrogen) atoms. The third-order valence-corrected chi connectivity index (χ3v) is 10.1. The number of nitrogens with zero attached hydrogens (tertiary/aromatic N) is 2. The fourth-order valence-corrected chi connectivity index (χ4v) is 6.69. The molecule has 278 valence electrons. The maximum atomic E-state index is 12.2. The highest BCUT2D eigenvalue weighted by Gasteiger charge is 2.07. The number of nitrogens with one attached hydrogen (secondary N) is 2. The summed E-state index contributed by atoms with van der Waals surface area (Å²) in [6, 6.07) is 24.2. The number of benzene rings is 2. The van der Waals surface area contributed by atoms with Crippen molar-refractivity contribution in [2.45, 2.75) is 38.8 Å². The van der Waals surface area contributed by atoms with Crippen LogP contribution >= 0.6 is 21.6 Å². The zero-order chi connectivity index (χ0) is 35.2. The van der Waals surface area contributed by atoms with E-state index in [0.29, 0.717) is 25.9 Å². The number of carbonyl (C=O) groups is 2. The SMILES string of the molecule is COc1ccc(C=Cc2cc[n+](CCCC(=O)NCCSSCCNC(=O)CCC[n+]3ccc(C=Cc4ccc(OC)cc4)cc3)cc2)cc1.[Cl-].[Cl-]. The second-order valence-electron chi connectivity index (χ2n) is 11.5. The fourth-order valence-electron chi connectivity index (χ4n) is 4.88. The standard InChI is InChI=1S/C40H46N4O4S2.2ClH/c1-47-37-15-11-33(12-16-37)7-9-35-19-27-43(28-20-35)25-3-5-39(45)41-23-31-49-50-32-24-42-40(46)6-4-26-44-29-21-36(22-30-44)10-8-34-13-17-38(48-2)18-14-34;;/h7-22,27-30H,3-6,23-26,31-32H2,1-2H3;2*1H. The van der Waals surface area contributed by atoms with Gasteiger partial charge >= 0.3 is 0 Å². The number of aryl methyl sites for hydroxylation is 2. The summed E-state index contributed by atoms with van der Waals surface area (Å²) in [7, 11) is 6.76. The summed E-state index contributed by atoms with van der Waals surface area (Å²) in [6.45, 7) is 2.87. The van der Waals surface area contributed by atoms with E-state index in [0.717, 1.165) is 71.2 Å². The number of methoxy groups -OCH3 is 2. The lowest BCUT2D eigenvalue weighted by Gasteiger charge is -2.06. The Morgan fingerprint density at radius 3 is 1.21 bits per heavy atom. The van der Waals surface area contributed by atoms with Crippen LogP contribution < -0.4 is 54.1 Å². The summed E-state index contributed by atoms with van der Waals surface area (Å²) in [5.41, 5.74) is 4.47. The van der Waals surface area contributed by atoms with E-state index in [2.05, 4.69) is 68.3 Å². The quantitative estimate of drug-likeness (QED) is 0.0729. The predicted molar refractivity (Wildman–Crippen MR) is 207 cm³/mol. The summed E-state index contributed by atoms with van der Waals surface area (Å²) in [5.74, 6) is 3.52. The molecular formula is C40H48Cl2N4O4S2. The average molecular weight is 784 g/mol. The molecule has 0 fully saturated rings. The van der Waals surface area contributed by atoms with Crippen LogP contribution in [0.5, 0.6) is 11.5 Å². The number of aromatic nitrogens is 2. The molecule has 0 radical (unpaired) electrons. The van der Waals surface area contributed by atoms with E-state index in [9.17, 15) is 9.59 Å². The van der Waals surface area contributed by atoms with Gasteiger partial charge in [0.2, 0.25) is 11.8 Å². The van der Waals surface area contributed by atoms with Gasteiger partial charge in [-0.1, -0.05) is 70.2 Å². The first-order valence-corrected chi connectivity index (χ1v) is 19.4. The Morgan fingerprint density at radius 2 is 0.885 bits per heavy atom. The van der Waals surface area contributed by atoms with Gasteiger partial charge in [0, 0.05) is 74.5 Å². The molecule has 0 aliphatic heterocycles. The molecule has 0 saturated heterocycles. The number of rotatable bonds is 21. The molecule has 0 bridgehead atoms. The number of hydrogen-bond donors (Lipinski definition) is 2. The maximum absolute atomic E-state index is 12.2. The van der Waals surface area contributed by atoms with Gasteiger partial charge in [-0.15, -0.1) is 0 Å². The van der Waals surface area contributed by atoms with Crippen molar-refractivity contribution >= 4 is 57.7 Å². The lowest BCUT2D eigenvalue weighted by Crippen LogP contribution is -3.00. The van der Waals surface area contributed by atoms with Crippen LogP contribution in [0.1, 0.15) is 47.9 Å². The fraction of sp³-hybridized carbons (Fsp3) is 0.300. The minimum absolute atomic E-state index is 0. The first kappa shape index (κ1) is 44.2. The minimum Gasteiger partial charge on any atom is -1.00 e. The molecule has 2 amide bonds. The smallest absolute Gasteiger partial charge is 0.220 e. The maximum Gasteiger partial charge on any atom is 0.220 e. The Kier molecular flexibility index (Phi) is 22.0. The van der Waals surface area contributed by atoms with Gasteiger partial charge < -0.3 is 44.9 Å².